The Hall–Kier alpha value is -1.94. The standard InChI is InChI=1S/C13H16BN5O/c15-9-14-2-1-12-10(5-14)6-17-13(18-12)19-4-3-16-11(7-19)8-20/h6,8,11,16H,1-5,7H2. The van der Waals surface area contributed by atoms with Gasteiger partial charge >= 0.3 is 0 Å². The first-order valence-corrected chi connectivity index (χ1v) is 6.98. The fourth-order valence-electron chi connectivity index (χ4n) is 2.81. The molecular formula is C13H16BN5O. The van der Waals surface area contributed by atoms with Gasteiger partial charge in [-0.15, -0.1) is 0 Å². The van der Waals surface area contributed by atoms with E-state index in [9.17, 15) is 4.79 Å². The molecule has 1 unspecified atom stereocenters. The number of aryl methyl sites for hydroxylation is 1. The molecule has 0 aliphatic carbocycles. The second-order valence-corrected chi connectivity index (χ2v) is 5.35. The van der Waals surface area contributed by atoms with Gasteiger partial charge in [-0.05, 0) is 18.3 Å². The van der Waals surface area contributed by atoms with Crippen LogP contribution >= 0.6 is 0 Å². The summed E-state index contributed by atoms with van der Waals surface area (Å²) in [5, 5.41) is 12.1. The molecule has 0 spiro atoms. The predicted octanol–water partition coefficient (Wildman–Crippen LogP) is -0.351. The number of hydrogen-bond acceptors (Lipinski definition) is 6. The zero-order valence-electron chi connectivity index (χ0n) is 11.2. The Kier molecular flexibility index (Phi) is 3.65. The smallest absolute Gasteiger partial charge is 0.272 e. The SMILES string of the molecule is N#CB1CCc2nc(N3CCNC(C=O)C3)ncc2C1. The first-order chi connectivity index (χ1) is 9.80. The minimum Gasteiger partial charge on any atom is -0.338 e. The van der Waals surface area contributed by atoms with Crippen LogP contribution in [0, 0.1) is 11.2 Å². The van der Waals surface area contributed by atoms with Crippen LogP contribution in [0.3, 0.4) is 0 Å². The van der Waals surface area contributed by atoms with Crippen LogP contribution in [-0.4, -0.2) is 48.6 Å². The molecular weight excluding hydrogens is 253 g/mol. The van der Waals surface area contributed by atoms with E-state index < -0.39 is 0 Å². The third kappa shape index (κ3) is 2.52. The minimum atomic E-state index is -0.147. The second-order valence-electron chi connectivity index (χ2n) is 5.35. The lowest BCUT2D eigenvalue weighted by Crippen LogP contribution is -2.52. The molecule has 1 N–H and O–H groups in total. The van der Waals surface area contributed by atoms with Crippen molar-refractivity contribution in [3.8, 4) is 5.97 Å². The van der Waals surface area contributed by atoms with Crippen LogP contribution in [0.4, 0.5) is 5.95 Å². The molecule has 3 heterocycles. The van der Waals surface area contributed by atoms with Gasteiger partial charge in [0.2, 0.25) is 5.95 Å². The van der Waals surface area contributed by atoms with Crippen molar-refractivity contribution in [1.29, 1.82) is 5.26 Å². The molecule has 0 aromatic carbocycles. The average Bonchev–Trinajstić information content (AvgIpc) is 2.54. The summed E-state index contributed by atoms with van der Waals surface area (Å²) < 4.78 is 0. The molecule has 102 valence electrons. The van der Waals surface area contributed by atoms with E-state index in [0.29, 0.717) is 12.5 Å². The van der Waals surface area contributed by atoms with E-state index in [2.05, 4.69) is 21.3 Å². The van der Waals surface area contributed by atoms with Crippen LogP contribution in [0.2, 0.25) is 6.32 Å². The molecule has 1 fully saturated rings. The molecule has 2 aliphatic rings. The molecule has 0 saturated carbocycles. The molecule has 1 aromatic heterocycles. The van der Waals surface area contributed by atoms with Crippen molar-refractivity contribution in [3.63, 3.8) is 0 Å². The third-order valence-electron chi connectivity index (χ3n) is 3.97. The number of nitrogens with zero attached hydrogens (tertiary/aromatic N) is 4. The van der Waals surface area contributed by atoms with Crippen LogP contribution < -0.4 is 10.2 Å². The Morgan fingerprint density at radius 2 is 2.50 bits per heavy atom. The van der Waals surface area contributed by atoms with Gasteiger partial charge in [-0.3, -0.25) is 0 Å². The van der Waals surface area contributed by atoms with Crippen LogP contribution in [-0.2, 0) is 17.5 Å². The summed E-state index contributed by atoms with van der Waals surface area (Å²) in [7, 11) is 0. The summed E-state index contributed by atoms with van der Waals surface area (Å²) in [6.45, 7) is 2.28. The fraction of sp³-hybridized carbons (Fsp3) is 0.538. The molecule has 2 aliphatic heterocycles. The van der Waals surface area contributed by atoms with Gasteiger partial charge in [0.1, 0.15) is 6.29 Å². The summed E-state index contributed by atoms with van der Waals surface area (Å²) in [5.41, 5.74) is 2.15. The van der Waals surface area contributed by atoms with E-state index in [4.69, 9.17) is 5.26 Å². The van der Waals surface area contributed by atoms with Crippen molar-refractivity contribution in [2.24, 2.45) is 0 Å². The van der Waals surface area contributed by atoms with E-state index in [1.165, 1.54) is 0 Å². The summed E-state index contributed by atoms with van der Waals surface area (Å²) in [5.74, 6) is 3.02. The lowest BCUT2D eigenvalue weighted by Gasteiger charge is -2.31. The van der Waals surface area contributed by atoms with Gasteiger partial charge in [0, 0.05) is 37.5 Å². The van der Waals surface area contributed by atoms with Crippen molar-refractivity contribution < 1.29 is 4.79 Å². The van der Waals surface area contributed by atoms with E-state index in [-0.39, 0.29) is 12.8 Å². The van der Waals surface area contributed by atoms with Gasteiger partial charge in [-0.2, -0.15) is 0 Å². The number of hydrogen-bond donors (Lipinski definition) is 1. The van der Waals surface area contributed by atoms with Crippen LogP contribution in [0.1, 0.15) is 11.3 Å². The fourth-order valence-corrected chi connectivity index (χ4v) is 2.81. The van der Waals surface area contributed by atoms with E-state index in [1.54, 1.807) is 0 Å². The lowest BCUT2D eigenvalue weighted by molar-refractivity contribution is -0.109. The van der Waals surface area contributed by atoms with Gasteiger partial charge < -0.3 is 15.0 Å². The Morgan fingerprint density at radius 3 is 3.30 bits per heavy atom. The highest BCUT2D eigenvalue weighted by atomic mass is 16.1. The highest BCUT2D eigenvalue weighted by Gasteiger charge is 2.26. The number of nitrogens with one attached hydrogen (secondary N) is 1. The lowest BCUT2D eigenvalue weighted by atomic mass is 9.43. The van der Waals surface area contributed by atoms with Crippen LogP contribution in [0.15, 0.2) is 6.20 Å². The third-order valence-corrected chi connectivity index (χ3v) is 3.97. The number of piperazine rings is 1. The number of aldehydes is 1. The first kappa shape index (κ1) is 13.1. The highest BCUT2D eigenvalue weighted by Crippen LogP contribution is 2.21. The minimum absolute atomic E-state index is 0.0931. The Morgan fingerprint density at radius 1 is 1.60 bits per heavy atom. The number of nitriles is 1. The monoisotopic (exact) mass is 269 g/mol. The van der Waals surface area contributed by atoms with Crippen molar-refractivity contribution in [2.75, 3.05) is 24.5 Å². The summed E-state index contributed by atoms with van der Waals surface area (Å²) in [6, 6.07) is -0.147. The maximum Gasteiger partial charge on any atom is 0.272 e. The maximum atomic E-state index is 10.9. The second kappa shape index (κ2) is 5.59. The number of carbonyl (C=O) groups is 1. The number of aromatic nitrogens is 2. The van der Waals surface area contributed by atoms with E-state index >= 15 is 0 Å². The topological polar surface area (TPSA) is 81.9 Å². The Balaban J connectivity index is 1.79. The van der Waals surface area contributed by atoms with E-state index in [1.807, 2.05) is 11.1 Å². The molecule has 3 rings (SSSR count). The van der Waals surface area contributed by atoms with Crippen LogP contribution in [0.25, 0.3) is 0 Å². The normalized spacial score (nSPS) is 22.1. The van der Waals surface area contributed by atoms with Crippen molar-refractivity contribution in [3.05, 3.63) is 17.5 Å². The van der Waals surface area contributed by atoms with Gasteiger partial charge in [-0.25, -0.2) is 15.2 Å². The molecule has 0 bridgehead atoms. The zero-order valence-corrected chi connectivity index (χ0v) is 11.2. The molecule has 1 atom stereocenters. The Labute approximate surface area is 118 Å². The molecule has 7 heteroatoms. The number of fused-ring (bicyclic) bond motifs is 1. The number of anilines is 1. The van der Waals surface area contributed by atoms with Crippen molar-refractivity contribution in [1.82, 2.24) is 15.3 Å². The summed E-state index contributed by atoms with van der Waals surface area (Å²) in [4.78, 5) is 22.0. The van der Waals surface area contributed by atoms with Gasteiger partial charge in [-0.1, -0.05) is 6.32 Å². The average molecular weight is 269 g/mol. The molecule has 1 aromatic rings. The number of rotatable bonds is 2. The quantitative estimate of drug-likeness (QED) is 0.583. The first-order valence-electron chi connectivity index (χ1n) is 6.98. The van der Waals surface area contributed by atoms with Gasteiger partial charge in [0.15, 0.2) is 0 Å². The Bertz CT molecular complexity index is 558. The number of carbonyl (C=O) groups excluding carboxylic acids is 1. The highest BCUT2D eigenvalue weighted by molar-refractivity contribution is 6.66. The predicted molar refractivity (Wildman–Crippen MR) is 75.7 cm³/mol. The zero-order chi connectivity index (χ0) is 13.9. The molecule has 6 nitrogen and oxygen atoms in total. The van der Waals surface area contributed by atoms with E-state index in [0.717, 1.165) is 49.7 Å². The molecule has 0 amide bonds. The summed E-state index contributed by atoms with van der Waals surface area (Å²) >= 11 is 0. The van der Waals surface area contributed by atoms with Gasteiger partial charge in [0.05, 0.1) is 6.04 Å². The maximum absolute atomic E-state index is 10.9. The molecule has 0 radical (unpaired) electrons. The van der Waals surface area contributed by atoms with Crippen LogP contribution in [0.5, 0.6) is 0 Å². The molecule has 20 heavy (non-hydrogen) atoms. The van der Waals surface area contributed by atoms with Gasteiger partial charge in [0.25, 0.3) is 6.71 Å². The summed E-state index contributed by atoms with van der Waals surface area (Å²) in [6.07, 6.45) is 5.25. The largest absolute Gasteiger partial charge is 0.338 e. The van der Waals surface area contributed by atoms with Crippen molar-refractivity contribution >= 4 is 18.9 Å². The van der Waals surface area contributed by atoms with Crippen molar-refractivity contribution in [2.45, 2.75) is 25.1 Å². The molecule has 1 saturated heterocycles.